The Morgan fingerprint density at radius 1 is 1.47 bits per heavy atom. The van der Waals surface area contributed by atoms with E-state index in [1.54, 1.807) is 0 Å². The van der Waals surface area contributed by atoms with Crippen LogP contribution in [0.1, 0.15) is 36.9 Å². The first-order valence-electron chi connectivity index (χ1n) is 6.80. The van der Waals surface area contributed by atoms with Gasteiger partial charge in [-0.25, -0.2) is 0 Å². The second kappa shape index (κ2) is 6.06. The van der Waals surface area contributed by atoms with Crippen molar-refractivity contribution in [3.8, 4) is 5.75 Å². The van der Waals surface area contributed by atoms with Crippen LogP contribution in [0, 0.1) is 6.92 Å². The van der Waals surface area contributed by atoms with Crippen molar-refractivity contribution in [3.63, 3.8) is 0 Å². The highest BCUT2D eigenvalue weighted by Gasteiger charge is 2.23. The summed E-state index contributed by atoms with van der Waals surface area (Å²) in [5.74, 6) is 0.743. The molecule has 4 heteroatoms. The highest BCUT2D eigenvalue weighted by atomic mass is 16.5. The van der Waals surface area contributed by atoms with Gasteiger partial charge < -0.3 is 15.4 Å². The molecule has 0 aromatic heterocycles. The van der Waals surface area contributed by atoms with E-state index >= 15 is 0 Å². The minimum absolute atomic E-state index is 0.0328. The number of nitrogens with one attached hydrogen (secondary N) is 2. The summed E-state index contributed by atoms with van der Waals surface area (Å²) in [6, 6.07) is 6.75. The minimum Gasteiger partial charge on any atom is -0.484 e. The van der Waals surface area contributed by atoms with Gasteiger partial charge in [-0.1, -0.05) is 12.1 Å². The molecule has 1 unspecified atom stereocenters. The molecule has 1 aliphatic rings. The zero-order valence-electron chi connectivity index (χ0n) is 11.8. The summed E-state index contributed by atoms with van der Waals surface area (Å²) in [6.07, 6.45) is 2.20. The van der Waals surface area contributed by atoms with E-state index in [1.165, 1.54) is 5.56 Å². The van der Waals surface area contributed by atoms with Crippen LogP contribution in [0.15, 0.2) is 18.2 Å². The Balaban J connectivity index is 1.90. The van der Waals surface area contributed by atoms with Gasteiger partial charge in [0, 0.05) is 12.1 Å². The third kappa shape index (κ3) is 3.96. The van der Waals surface area contributed by atoms with Crippen molar-refractivity contribution < 1.29 is 9.53 Å². The average Bonchev–Trinajstić information content (AvgIpc) is 3.20. The summed E-state index contributed by atoms with van der Waals surface area (Å²) in [5.41, 5.74) is 2.27. The van der Waals surface area contributed by atoms with Gasteiger partial charge in [0.05, 0.1) is 0 Å². The van der Waals surface area contributed by atoms with Gasteiger partial charge in [-0.2, -0.15) is 0 Å². The molecule has 19 heavy (non-hydrogen) atoms. The molecular formula is C15H22N2O2. The lowest BCUT2D eigenvalue weighted by Crippen LogP contribution is -2.30. The lowest BCUT2D eigenvalue weighted by Gasteiger charge is -2.14. The van der Waals surface area contributed by atoms with Gasteiger partial charge in [0.15, 0.2) is 6.61 Å². The van der Waals surface area contributed by atoms with Crippen LogP contribution < -0.4 is 15.4 Å². The van der Waals surface area contributed by atoms with Gasteiger partial charge in [0.1, 0.15) is 5.75 Å². The number of hydrogen-bond acceptors (Lipinski definition) is 3. The number of carbonyl (C=O) groups excluding carboxylic acids is 1. The molecule has 1 atom stereocenters. The second-order valence-electron chi connectivity index (χ2n) is 5.17. The van der Waals surface area contributed by atoms with Crippen LogP contribution in [0.4, 0.5) is 0 Å². The standard InChI is InChI=1S/C15H22N2O2/c1-10-8-12(11(2)16-3)4-7-14(10)19-9-15(18)17-13-5-6-13/h4,7-8,11,13,16H,5-6,9H2,1-3H3,(H,17,18). The van der Waals surface area contributed by atoms with Crippen LogP contribution in [-0.2, 0) is 4.79 Å². The van der Waals surface area contributed by atoms with E-state index in [0.717, 1.165) is 24.2 Å². The van der Waals surface area contributed by atoms with Crippen LogP contribution in [0.2, 0.25) is 0 Å². The van der Waals surface area contributed by atoms with Crippen molar-refractivity contribution in [2.24, 2.45) is 0 Å². The number of benzene rings is 1. The molecule has 1 aliphatic carbocycles. The minimum atomic E-state index is -0.0328. The summed E-state index contributed by atoms with van der Waals surface area (Å²) in [5, 5.41) is 6.11. The van der Waals surface area contributed by atoms with E-state index in [9.17, 15) is 4.79 Å². The topological polar surface area (TPSA) is 50.4 Å². The van der Waals surface area contributed by atoms with E-state index in [-0.39, 0.29) is 12.5 Å². The van der Waals surface area contributed by atoms with Crippen molar-refractivity contribution in [3.05, 3.63) is 29.3 Å². The fourth-order valence-electron chi connectivity index (χ4n) is 1.91. The lowest BCUT2D eigenvalue weighted by atomic mass is 10.1. The molecule has 2 N–H and O–H groups in total. The highest BCUT2D eigenvalue weighted by molar-refractivity contribution is 5.78. The molecular weight excluding hydrogens is 240 g/mol. The third-order valence-electron chi connectivity index (χ3n) is 3.43. The molecule has 1 aromatic carbocycles. The van der Waals surface area contributed by atoms with Gasteiger partial charge in [0.25, 0.3) is 5.91 Å². The number of aryl methyl sites for hydroxylation is 1. The zero-order chi connectivity index (χ0) is 13.8. The quantitative estimate of drug-likeness (QED) is 0.823. The molecule has 1 aromatic rings. The van der Waals surface area contributed by atoms with Gasteiger partial charge in [0.2, 0.25) is 0 Å². The summed E-state index contributed by atoms with van der Waals surface area (Å²) < 4.78 is 5.56. The Bertz CT molecular complexity index is 455. The van der Waals surface area contributed by atoms with Crippen molar-refractivity contribution in [1.29, 1.82) is 0 Å². The molecule has 0 aliphatic heterocycles. The number of carbonyl (C=O) groups is 1. The van der Waals surface area contributed by atoms with E-state index < -0.39 is 0 Å². The average molecular weight is 262 g/mol. The number of rotatable bonds is 6. The molecule has 0 saturated heterocycles. The summed E-state index contributed by atoms with van der Waals surface area (Å²) >= 11 is 0. The van der Waals surface area contributed by atoms with Crippen LogP contribution in [0.3, 0.4) is 0 Å². The monoisotopic (exact) mass is 262 g/mol. The fourth-order valence-corrected chi connectivity index (χ4v) is 1.91. The zero-order valence-corrected chi connectivity index (χ0v) is 11.8. The van der Waals surface area contributed by atoms with Crippen molar-refractivity contribution in [1.82, 2.24) is 10.6 Å². The molecule has 0 heterocycles. The van der Waals surface area contributed by atoms with Gasteiger partial charge in [-0.15, -0.1) is 0 Å². The van der Waals surface area contributed by atoms with Crippen molar-refractivity contribution in [2.75, 3.05) is 13.7 Å². The SMILES string of the molecule is CNC(C)c1ccc(OCC(=O)NC2CC2)c(C)c1. The third-order valence-corrected chi connectivity index (χ3v) is 3.43. The molecule has 0 bridgehead atoms. The fraction of sp³-hybridized carbons (Fsp3) is 0.533. The molecule has 1 fully saturated rings. The predicted molar refractivity (Wildman–Crippen MR) is 75.3 cm³/mol. The van der Waals surface area contributed by atoms with Crippen LogP contribution >= 0.6 is 0 Å². The molecule has 1 amide bonds. The van der Waals surface area contributed by atoms with Gasteiger partial charge in [-0.05, 0) is 50.9 Å². The Kier molecular flexibility index (Phi) is 4.43. The number of hydrogen-bond donors (Lipinski definition) is 2. The first-order valence-corrected chi connectivity index (χ1v) is 6.80. The number of ether oxygens (including phenoxy) is 1. The van der Waals surface area contributed by atoms with E-state index in [4.69, 9.17) is 4.74 Å². The maximum Gasteiger partial charge on any atom is 0.258 e. The Hall–Kier alpha value is -1.55. The maximum absolute atomic E-state index is 11.6. The van der Waals surface area contributed by atoms with Crippen LogP contribution in [0.5, 0.6) is 5.75 Å². The first kappa shape index (κ1) is 13.9. The maximum atomic E-state index is 11.6. The van der Waals surface area contributed by atoms with E-state index in [1.807, 2.05) is 26.1 Å². The summed E-state index contributed by atoms with van der Waals surface area (Å²) in [4.78, 5) is 11.6. The Labute approximate surface area is 114 Å². The molecule has 104 valence electrons. The summed E-state index contributed by atoms with van der Waals surface area (Å²) in [7, 11) is 1.94. The van der Waals surface area contributed by atoms with E-state index in [0.29, 0.717) is 12.1 Å². The van der Waals surface area contributed by atoms with Crippen molar-refractivity contribution in [2.45, 2.75) is 38.8 Å². The Morgan fingerprint density at radius 2 is 2.21 bits per heavy atom. The largest absolute Gasteiger partial charge is 0.484 e. The Morgan fingerprint density at radius 3 is 2.79 bits per heavy atom. The second-order valence-corrected chi connectivity index (χ2v) is 5.17. The molecule has 0 spiro atoms. The van der Waals surface area contributed by atoms with Crippen LogP contribution in [-0.4, -0.2) is 25.6 Å². The van der Waals surface area contributed by atoms with Crippen LogP contribution in [0.25, 0.3) is 0 Å². The molecule has 0 radical (unpaired) electrons. The van der Waals surface area contributed by atoms with E-state index in [2.05, 4.69) is 23.6 Å². The van der Waals surface area contributed by atoms with Gasteiger partial charge >= 0.3 is 0 Å². The predicted octanol–water partition coefficient (Wildman–Crippen LogP) is 1.93. The molecule has 2 rings (SSSR count). The lowest BCUT2D eigenvalue weighted by molar-refractivity contribution is -0.123. The smallest absolute Gasteiger partial charge is 0.258 e. The number of amides is 1. The van der Waals surface area contributed by atoms with Crippen molar-refractivity contribution >= 4 is 5.91 Å². The van der Waals surface area contributed by atoms with Gasteiger partial charge in [-0.3, -0.25) is 4.79 Å². The summed E-state index contributed by atoms with van der Waals surface area (Å²) in [6.45, 7) is 4.21. The normalized spacial score (nSPS) is 15.9. The molecule has 4 nitrogen and oxygen atoms in total. The molecule has 1 saturated carbocycles. The highest BCUT2D eigenvalue weighted by Crippen LogP contribution is 2.23. The first-order chi connectivity index (χ1) is 9.10.